The first-order valence-corrected chi connectivity index (χ1v) is 7.74. The number of benzene rings is 2. The summed E-state index contributed by atoms with van der Waals surface area (Å²) in [5.41, 5.74) is 0.789. The number of carbonyl (C=O) groups excluding carboxylic acids is 2. The first-order chi connectivity index (χ1) is 11.1. The fourth-order valence-electron chi connectivity index (χ4n) is 2.58. The Bertz CT molecular complexity index is 682. The molecule has 3 amide bonds. The lowest BCUT2D eigenvalue weighted by Crippen LogP contribution is -2.43. The van der Waals surface area contributed by atoms with Crippen LogP contribution in [0.1, 0.15) is 13.3 Å². The van der Waals surface area contributed by atoms with Gasteiger partial charge in [-0.3, -0.25) is 4.79 Å². The second-order valence-electron chi connectivity index (χ2n) is 5.67. The van der Waals surface area contributed by atoms with E-state index in [0.717, 1.165) is 29.3 Å². The summed E-state index contributed by atoms with van der Waals surface area (Å²) in [5.74, 6) is 0. The Hall–Kier alpha value is -2.56. The Kier molecular flexibility index (Phi) is 5.57. The molecule has 0 aliphatic carbocycles. The SMILES string of the molecule is CCC(CN(C)C(=O)Nc1cccc2ccccc12)N(C)C=O. The zero-order valence-corrected chi connectivity index (χ0v) is 13.8. The summed E-state index contributed by atoms with van der Waals surface area (Å²) in [4.78, 5) is 26.5. The maximum Gasteiger partial charge on any atom is 0.321 e. The van der Waals surface area contributed by atoms with Gasteiger partial charge in [0.25, 0.3) is 0 Å². The van der Waals surface area contributed by atoms with Crippen molar-refractivity contribution in [1.29, 1.82) is 0 Å². The van der Waals surface area contributed by atoms with Crippen molar-refractivity contribution in [2.45, 2.75) is 19.4 Å². The summed E-state index contributed by atoms with van der Waals surface area (Å²) >= 11 is 0. The van der Waals surface area contributed by atoms with Crippen molar-refractivity contribution < 1.29 is 9.59 Å². The summed E-state index contributed by atoms with van der Waals surface area (Å²) in [7, 11) is 3.47. The highest BCUT2D eigenvalue weighted by Gasteiger charge is 2.17. The molecule has 23 heavy (non-hydrogen) atoms. The molecule has 5 nitrogen and oxygen atoms in total. The van der Waals surface area contributed by atoms with Gasteiger partial charge in [-0.2, -0.15) is 0 Å². The topological polar surface area (TPSA) is 52.7 Å². The summed E-state index contributed by atoms with van der Waals surface area (Å²) in [6, 6.07) is 13.6. The molecule has 122 valence electrons. The largest absolute Gasteiger partial charge is 0.344 e. The molecule has 0 aliphatic heterocycles. The molecule has 0 radical (unpaired) electrons. The van der Waals surface area contributed by atoms with Gasteiger partial charge in [0.15, 0.2) is 0 Å². The van der Waals surface area contributed by atoms with Crippen LogP contribution in [-0.2, 0) is 4.79 Å². The number of rotatable bonds is 6. The molecule has 0 heterocycles. The molecule has 1 atom stereocenters. The molecule has 2 aromatic carbocycles. The van der Waals surface area contributed by atoms with E-state index in [1.807, 2.05) is 49.4 Å². The number of likely N-dealkylation sites (N-methyl/N-ethyl adjacent to an activating group) is 2. The van der Waals surface area contributed by atoms with Gasteiger partial charge in [0, 0.05) is 32.1 Å². The van der Waals surface area contributed by atoms with Gasteiger partial charge in [-0.15, -0.1) is 0 Å². The van der Waals surface area contributed by atoms with Crippen molar-refractivity contribution in [3.63, 3.8) is 0 Å². The number of nitrogens with one attached hydrogen (secondary N) is 1. The lowest BCUT2D eigenvalue weighted by Gasteiger charge is -2.28. The van der Waals surface area contributed by atoms with Gasteiger partial charge in [-0.25, -0.2) is 4.79 Å². The van der Waals surface area contributed by atoms with Gasteiger partial charge >= 0.3 is 6.03 Å². The summed E-state index contributed by atoms with van der Waals surface area (Å²) in [6.07, 6.45) is 1.59. The van der Waals surface area contributed by atoms with Gasteiger partial charge < -0.3 is 15.1 Å². The van der Waals surface area contributed by atoms with Crippen molar-refractivity contribution in [3.05, 3.63) is 42.5 Å². The van der Waals surface area contributed by atoms with Crippen LogP contribution < -0.4 is 5.32 Å². The number of urea groups is 1. The van der Waals surface area contributed by atoms with E-state index in [1.54, 1.807) is 23.9 Å². The van der Waals surface area contributed by atoms with Gasteiger partial charge in [0.05, 0.1) is 5.69 Å². The summed E-state index contributed by atoms with van der Waals surface area (Å²) < 4.78 is 0. The van der Waals surface area contributed by atoms with Crippen LogP contribution >= 0.6 is 0 Å². The highest BCUT2D eigenvalue weighted by Crippen LogP contribution is 2.23. The predicted molar refractivity (Wildman–Crippen MR) is 93.5 cm³/mol. The summed E-state index contributed by atoms with van der Waals surface area (Å²) in [5, 5.41) is 5.04. The third-order valence-corrected chi connectivity index (χ3v) is 4.08. The predicted octanol–water partition coefficient (Wildman–Crippen LogP) is 3.17. The Balaban J connectivity index is 2.09. The first kappa shape index (κ1) is 16.8. The number of hydrogen-bond acceptors (Lipinski definition) is 2. The molecular formula is C18H23N3O2. The highest BCUT2D eigenvalue weighted by atomic mass is 16.2. The lowest BCUT2D eigenvalue weighted by atomic mass is 10.1. The van der Waals surface area contributed by atoms with Crippen LogP contribution in [0.5, 0.6) is 0 Å². The molecule has 1 N–H and O–H groups in total. The average molecular weight is 313 g/mol. The Morgan fingerprint density at radius 3 is 2.57 bits per heavy atom. The molecule has 0 spiro atoms. The molecule has 0 bridgehead atoms. The maximum absolute atomic E-state index is 12.4. The van der Waals surface area contributed by atoms with Crippen LogP contribution in [0.3, 0.4) is 0 Å². The molecule has 2 aromatic rings. The third kappa shape index (κ3) is 4.00. The second kappa shape index (κ2) is 7.63. The monoisotopic (exact) mass is 313 g/mol. The number of carbonyl (C=O) groups is 2. The Labute approximate surface area is 136 Å². The Morgan fingerprint density at radius 2 is 1.87 bits per heavy atom. The normalized spacial score (nSPS) is 11.8. The third-order valence-electron chi connectivity index (χ3n) is 4.08. The van der Waals surface area contributed by atoms with Crippen LogP contribution in [0.25, 0.3) is 10.8 Å². The number of amides is 3. The first-order valence-electron chi connectivity index (χ1n) is 7.74. The minimum atomic E-state index is -0.181. The Morgan fingerprint density at radius 1 is 1.17 bits per heavy atom. The molecule has 0 saturated carbocycles. The molecule has 5 heteroatoms. The molecular weight excluding hydrogens is 290 g/mol. The van der Waals surface area contributed by atoms with Crippen molar-refractivity contribution >= 4 is 28.9 Å². The number of nitrogens with zero attached hydrogens (tertiary/aromatic N) is 2. The zero-order chi connectivity index (χ0) is 16.8. The van der Waals surface area contributed by atoms with E-state index in [4.69, 9.17) is 0 Å². The fourth-order valence-corrected chi connectivity index (χ4v) is 2.58. The van der Waals surface area contributed by atoms with Crippen LogP contribution in [0.15, 0.2) is 42.5 Å². The maximum atomic E-state index is 12.4. The van der Waals surface area contributed by atoms with E-state index in [9.17, 15) is 9.59 Å². The van der Waals surface area contributed by atoms with Gasteiger partial charge in [0.1, 0.15) is 0 Å². The van der Waals surface area contributed by atoms with Crippen molar-refractivity contribution in [1.82, 2.24) is 9.80 Å². The molecule has 0 aliphatic rings. The number of hydrogen-bond donors (Lipinski definition) is 1. The van der Waals surface area contributed by atoms with E-state index < -0.39 is 0 Å². The smallest absolute Gasteiger partial charge is 0.321 e. The standard InChI is InChI=1S/C18H23N3O2/c1-4-15(21(3)13-22)12-20(2)18(23)19-17-11-7-9-14-8-5-6-10-16(14)17/h5-11,13,15H,4,12H2,1-3H3,(H,19,23). The van der Waals surface area contributed by atoms with Gasteiger partial charge in [-0.05, 0) is 17.9 Å². The van der Waals surface area contributed by atoms with Crippen molar-refractivity contribution in [3.8, 4) is 0 Å². The van der Waals surface area contributed by atoms with E-state index in [1.165, 1.54) is 0 Å². The van der Waals surface area contributed by atoms with Crippen LogP contribution in [-0.4, -0.2) is 48.9 Å². The lowest BCUT2D eigenvalue weighted by molar-refractivity contribution is -0.119. The van der Waals surface area contributed by atoms with Crippen molar-refractivity contribution in [2.75, 3.05) is 26.0 Å². The quantitative estimate of drug-likeness (QED) is 0.833. The van der Waals surface area contributed by atoms with Crippen molar-refractivity contribution in [2.24, 2.45) is 0 Å². The molecule has 0 aromatic heterocycles. The summed E-state index contributed by atoms with van der Waals surface area (Å²) in [6.45, 7) is 2.49. The molecule has 1 unspecified atom stereocenters. The minimum Gasteiger partial charge on any atom is -0.344 e. The number of fused-ring (bicyclic) bond motifs is 1. The van der Waals surface area contributed by atoms with Gasteiger partial charge in [0.2, 0.25) is 6.41 Å². The van der Waals surface area contributed by atoms with Gasteiger partial charge in [-0.1, -0.05) is 43.3 Å². The fraction of sp³-hybridized carbons (Fsp3) is 0.333. The van der Waals surface area contributed by atoms with Crippen LogP contribution in [0, 0.1) is 0 Å². The minimum absolute atomic E-state index is 0.00997. The van der Waals surface area contributed by atoms with E-state index in [2.05, 4.69) is 5.32 Å². The molecule has 2 rings (SSSR count). The van der Waals surface area contributed by atoms with Crippen LogP contribution in [0.2, 0.25) is 0 Å². The van der Waals surface area contributed by atoms with E-state index in [0.29, 0.717) is 6.54 Å². The average Bonchev–Trinajstić information content (AvgIpc) is 2.59. The van der Waals surface area contributed by atoms with Crippen LogP contribution in [0.4, 0.5) is 10.5 Å². The van der Waals surface area contributed by atoms with E-state index >= 15 is 0 Å². The van der Waals surface area contributed by atoms with E-state index in [-0.39, 0.29) is 12.1 Å². The second-order valence-corrected chi connectivity index (χ2v) is 5.67. The molecule has 0 saturated heterocycles. The zero-order valence-electron chi connectivity index (χ0n) is 13.8. The molecule has 0 fully saturated rings. The number of anilines is 1. The highest BCUT2D eigenvalue weighted by molar-refractivity contribution is 6.01.